The Bertz CT molecular complexity index is 591. The number of rotatable bonds is 3. The van der Waals surface area contributed by atoms with Gasteiger partial charge in [-0.15, -0.1) is 11.3 Å². The topological polar surface area (TPSA) is 57.4 Å². The largest absolute Gasteiger partial charge is 0.399 e. The Morgan fingerprint density at radius 1 is 1.35 bits per heavy atom. The number of benzene rings is 1. The van der Waals surface area contributed by atoms with Crippen molar-refractivity contribution in [1.29, 1.82) is 0 Å². The summed E-state index contributed by atoms with van der Waals surface area (Å²) in [5.41, 5.74) is 8.30. The third-order valence-corrected chi connectivity index (χ3v) is 4.80. The Hall–Kier alpha value is -1.43. The van der Waals surface area contributed by atoms with Gasteiger partial charge in [0.05, 0.1) is 5.69 Å². The van der Waals surface area contributed by atoms with Gasteiger partial charge in [-0.25, -0.2) is 4.98 Å². The number of nitrogens with zero attached hydrogens (tertiary/aromatic N) is 1. The molecule has 0 aliphatic carbocycles. The molecule has 1 fully saturated rings. The highest BCUT2D eigenvalue weighted by atomic mass is 32.1. The van der Waals surface area contributed by atoms with Crippen LogP contribution in [-0.4, -0.2) is 25.3 Å². The number of nitrogens with two attached hydrogens (primary N) is 1. The predicted octanol–water partition coefficient (Wildman–Crippen LogP) is 3.04. The minimum absolute atomic E-state index is 0.290. The smallest absolute Gasteiger partial charge is 0.125 e. The molecule has 5 heteroatoms. The Kier molecular flexibility index (Phi) is 3.74. The normalized spacial score (nSPS) is 18.1. The second kappa shape index (κ2) is 5.52. The lowest BCUT2D eigenvalue weighted by atomic mass is 9.95. The van der Waals surface area contributed by atoms with E-state index in [2.05, 4.69) is 5.38 Å². The molecule has 2 aromatic rings. The fourth-order valence-electron chi connectivity index (χ4n) is 2.52. The van der Waals surface area contributed by atoms with Crippen molar-refractivity contribution in [3.05, 3.63) is 34.7 Å². The van der Waals surface area contributed by atoms with E-state index in [4.69, 9.17) is 20.2 Å². The van der Waals surface area contributed by atoms with Crippen LogP contribution in [-0.2, 0) is 15.1 Å². The first kappa shape index (κ1) is 13.5. The van der Waals surface area contributed by atoms with E-state index in [1.165, 1.54) is 0 Å². The predicted molar refractivity (Wildman–Crippen MR) is 80.7 cm³/mol. The molecule has 2 N–H and O–H groups in total. The summed E-state index contributed by atoms with van der Waals surface area (Å²) < 4.78 is 11.2. The van der Waals surface area contributed by atoms with Gasteiger partial charge in [-0.1, -0.05) is 12.1 Å². The van der Waals surface area contributed by atoms with Crippen LogP contribution in [0.3, 0.4) is 0 Å². The van der Waals surface area contributed by atoms with Crippen LogP contribution in [0.15, 0.2) is 29.6 Å². The first-order chi connectivity index (χ1) is 9.73. The Morgan fingerprint density at radius 3 is 2.85 bits per heavy atom. The highest BCUT2D eigenvalue weighted by molar-refractivity contribution is 7.10. The molecule has 0 unspecified atom stereocenters. The molecule has 0 amide bonds. The van der Waals surface area contributed by atoms with Gasteiger partial charge in [-0.05, 0) is 12.1 Å². The zero-order valence-electron chi connectivity index (χ0n) is 11.5. The Balaban J connectivity index is 1.93. The standard InChI is InChI=1S/C15H18N2O2S/c1-18-15(5-7-19-8-6-15)14-17-13(10-20-14)11-3-2-4-12(16)9-11/h2-4,9-10H,5-8,16H2,1H3. The van der Waals surface area contributed by atoms with Crippen LogP contribution in [0.1, 0.15) is 17.8 Å². The zero-order valence-corrected chi connectivity index (χ0v) is 12.3. The van der Waals surface area contributed by atoms with Crippen LogP contribution in [0.4, 0.5) is 5.69 Å². The lowest BCUT2D eigenvalue weighted by Gasteiger charge is -2.33. The molecule has 0 radical (unpaired) electrons. The molecule has 1 aliphatic rings. The molecule has 1 aromatic heterocycles. The number of hydrogen-bond donors (Lipinski definition) is 1. The minimum Gasteiger partial charge on any atom is -0.399 e. The quantitative estimate of drug-likeness (QED) is 0.883. The molecular weight excluding hydrogens is 272 g/mol. The minimum atomic E-state index is -0.290. The third-order valence-electron chi connectivity index (χ3n) is 3.77. The summed E-state index contributed by atoms with van der Waals surface area (Å²) in [4.78, 5) is 4.77. The van der Waals surface area contributed by atoms with Gasteiger partial charge >= 0.3 is 0 Å². The maximum Gasteiger partial charge on any atom is 0.125 e. The number of aromatic nitrogens is 1. The highest BCUT2D eigenvalue weighted by Crippen LogP contribution is 2.38. The third kappa shape index (κ3) is 2.44. The number of nitrogen functional groups attached to an aromatic ring is 1. The lowest BCUT2D eigenvalue weighted by Crippen LogP contribution is -2.35. The average molecular weight is 290 g/mol. The molecule has 3 rings (SSSR count). The van der Waals surface area contributed by atoms with Crippen molar-refractivity contribution >= 4 is 17.0 Å². The van der Waals surface area contributed by atoms with Gasteiger partial charge in [0.1, 0.15) is 10.6 Å². The zero-order chi connectivity index (χ0) is 14.0. The maximum absolute atomic E-state index is 5.83. The molecule has 20 heavy (non-hydrogen) atoms. The van der Waals surface area contributed by atoms with Gasteiger partial charge in [-0.2, -0.15) is 0 Å². The number of anilines is 1. The molecular formula is C15H18N2O2S. The van der Waals surface area contributed by atoms with E-state index >= 15 is 0 Å². The second-order valence-corrected chi connectivity index (χ2v) is 5.83. The second-order valence-electron chi connectivity index (χ2n) is 4.97. The summed E-state index contributed by atoms with van der Waals surface area (Å²) in [6.07, 6.45) is 1.71. The summed E-state index contributed by atoms with van der Waals surface area (Å²) in [6, 6.07) is 7.80. The van der Waals surface area contributed by atoms with Gasteiger partial charge in [0, 0.05) is 49.8 Å². The van der Waals surface area contributed by atoms with E-state index in [0.717, 1.165) is 48.0 Å². The summed E-state index contributed by atoms with van der Waals surface area (Å²) in [5.74, 6) is 0. The summed E-state index contributed by atoms with van der Waals surface area (Å²) >= 11 is 1.65. The molecule has 0 bridgehead atoms. The molecule has 0 spiro atoms. The van der Waals surface area contributed by atoms with E-state index in [9.17, 15) is 0 Å². The fourth-order valence-corrected chi connectivity index (χ4v) is 3.59. The van der Waals surface area contributed by atoms with Crippen LogP contribution < -0.4 is 5.73 Å². The number of thiazole rings is 1. The number of methoxy groups -OCH3 is 1. The van der Waals surface area contributed by atoms with Crippen LogP contribution in [0.5, 0.6) is 0 Å². The van der Waals surface area contributed by atoms with Gasteiger partial charge in [0.15, 0.2) is 0 Å². The van der Waals surface area contributed by atoms with Crippen molar-refractivity contribution in [2.75, 3.05) is 26.1 Å². The van der Waals surface area contributed by atoms with Gasteiger partial charge in [0.2, 0.25) is 0 Å². The molecule has 2 heterocycles. The van der Waals surface area contributed by atoms with E-state index in [1.54, 1.807) is 18.4 Å². The average Bonchev–Trinajstić information content (AvgIpc) is 2.98. The van der Waals surface area contributed by atoms with Crippen LogP contribution in [0, 0.1) is 0 Å². The Labute approximate surface area is 122 Å². The molecule has 1 aromatic carbocycles. The van der Waals surface area contributed by atoms with Gasteiger partial charge in [-0.3, -0.25) is 0 Å². The van der Waals surface area contributed by atoms with Crippen LogP contribution in [0.2, 0.25) is 0 Å². The van der Waals surface area contributed by atoms with Crippen LogP contribution in [0.25, 0.3) is 11.3 Å². The van der Waals surface area contributed by atoms with Crippen molar-refractivity contribution in [2.24, 2.45) is 0 Å². The monoisotopic (exact) mass is 290 g/mol. The maximum atomic E-state index is 5.83. The van der Waals surface area contributed by atoms with Gasteiger partial charge < -0.3 is 15.2 Å². The van der Waals surface area contributed by atoms with Crippen molar-refractivity contribution in [3.63, 3.8) is 0 Å². The van der Waals surface area contributed by atoms with Crippen molar-refractivity contribution in [3.8, 4) is 11.3 Å². The van der Waals surface area contributed by atoms with Crippen molar-refractivity contribution < 1.29 is 9.47 Å². The van der Waals surface area contributed by atoms with E-state index in [0.29, 0.717) is 0 Å². The number of hydrogen-bond acceptors (Lipinski definition) is 5. The highest BCUT2D eigenvalue weighted by Gasteiger charge is 2.37. The van der Waals surface area contributed by atoms with E-state index in [1.807, 2.05) is 24.3 Å². The summed E-state index contributed by atoms with van der Waals surface area (Å²) in [6.45, 7) is 1.45. The number of ether oxygens (including phenoxy) is 2. The molecule has 0 saturated carbocycles. The summed E-state index contributed by atoms with van der Waals surface area (Å²) in [5, 5.41) is 3.10. The molecule has 4 nitrogen and oxygen atoms in total. The van der Waals surface area contributed by atoms with Crippen molar-refractivity contribution in [2.45, 2.75) is 18.4 Å². The SMILES string of the molecule is COC1(c2nc(-c3cccc(N)c3)cs2)CCOCC1. The molecule has 1 saturated heterocycles. The summed E-state index contributed by atoms with van der Waals surface area (Å²) in [7, 11) is 1.76. The molecule has 106 valence electrons. The van der Waals surface area contributed by atoms with Crippen LogP contribution >= 0.6 is 11.3 Å². The first-order valence-electron chi connectivity index (χ1n) is 6.68. The Morgan fingerprint density at radius 2 is 2.15 bits per heavy atom. The van der Waals surface area contributed by atoms with Gasteiger partial charge in [0.25, 0.3) is 0 Å². The van der Waals surface area contributed by atoms with E-state index < -0.39 is 0 Å². The fraction of sp³-hybridized carbons (Fsp3) is 0.400. The first-order valence-corrected chi connectivity index (χ1v) is 7.56. The van der Waals surface area contributed by atoms with Crippen molar-refractivity contribution in [1.82, 2.24) is 4.98 Å². The van der Waals surface area contributed by atoms with E-state index in [-0.39, 0.29) is 5.60 Å². The molecule has 0 atom stereocenters. The lowest BCUT2D eigenvalue weighted by molar-refractivity contribution is -0.0947. The molecule has 1 aliphatic heterocycles.